The van der Waals surface area contributed by atoms with Gasteiger partial charge >= 0.3 is 0 Å². The lowest BCUT2D eigenvalue weighted by Gasteiger charge is -2.28. The molecular formula is C25H28O4. The Morgan fingerprint density at radius 2 is 1.62 bits per heavy atom. The molecule has 4 nitrogen and oxygen atoms in total. The van der Waals surface area contributed by atoms with Crippen LogP contribution in [0.1, 0.15) is 62.0 Å². The van der Waals surface area contributed by atoms with Gasteiger partial charge in [0.2, 0.25) is 0 Å². The van der Waals surface area contributed by atoms with Gasteiger partial charge in [0.1, 0.15) is 29.1 Å². The Balaban J connectivity index is 1.73. The van der Waals surface area contributed by atoms with Gasteiger partial charge in [-0.05, 0) is 64.3 Å². The fourth-order valence-corrected chi connectivity index (χ4v) is 4.05. The van der Waals surface area contributed by atoms with Crippen LogP contribution >= 0.6 is 0 Å². The Labute approximate surface area is 172 Å². The van der Waals surface area contributed by atoms with Crippen LogP contribution < -0.4 is 9.47 Å². The van der Waals surface area contributed by atoms with E-state index in [-0.39, 0.29) is 23.5 Å². The third-order valence-electron chi connectivity index (χ3n) is 5.59. The van der Waals surface area contributed by atoms with E-state index in [0.717, 1.165) is 28.0 Å². The molecule has 2 N–H and O–H groups in total. The summed E-state index contributed by atoms with van der Waals surface area (Å²) in [5.74, 6) is 2.05. The number of hydrogen-bond donors (Lipinski definition) is 2. The van der Waals surface area contributed by atoms with E-state index in [4.69, 9.17) is 9.47 Å². The minimum Gasteiger partial charge on any atom is -0.508 e. The summed E-state index contributed by atoms with van der Waals surface area (Å²) in [6, 6.07) is 7.29. The summed E-state index contributed by atoms with van der Waals surface area (Å²) >= 11 is 0. The Morgan fingerprint density at radius 3 is 2.31 bits per heavy atom. The monoisotopic (exact) mass is 392 g/mol. The summed E-state index contributed by atoms with van der Waals surface area (Å²) in [5.41, 5.74) is 6.24. The highest BCUT2D eigenvalue weighted by Crippen LogP contribution is 2.54. The molecule has 29 heavy (non-hydrogen) atoms. The van der Waals surface area contributed by atoms with Gasteiger partial charge in [-0.1, -0.05) is 23.3 Å². The second-order valence-corrected chi connectivity index (χ2v) is 8.47. The van der Waals surface area contributed by atoms with E-state index >= 15 is 0 Å². The molecule has 0 saturated carbocycles. The van der Waals surface area contributed by atoms with E-state index in [0.29, 0.717) is 25.2 Å². The van der Waals surface area contributed by atoms with E-state index in [1.165, 1.54) is 11.1 Å². The Hall–Kier alpha value is -2.88. The first-order chi connectivity index (χ1) is 13.8. The zero-order valence-corrected chi connectivity index (χ0v) is 17.5. The Bertz CT molecular complexity index is 1010. The van der Waals surface area contributed by atoms with Gasteiger partial charge in [-0.15, -0.1) is 0 Å². The van der Waals surface area contributed by atoms with Gasteiger partial charge in [-0.25, -0.2) is 0 Å². The molecule has 0 saturated heterocycles. The average molecular weight is 392 g/mol. The van der Waals surface area contributed by atoms with Crippen LogP contribution in [0.2, 0.25) is 0 Å². The van der Waals surface area contributed by atoms with Crippen molar-refractivity contribution in [2.24, 2.45) is 0 Å². The molecule has 0 unspecified atom stereocenters. The van der Waals surface area contributed by atoms with Crippen LogP contribution in [-0.4, -0.2) is 16.8 Å². The number of rotatable bonds is 4. The largest absolute Gasteiger partial charge is 0.508 e. The molecule has 2 aromatic carbocycles. The van der Waals surface area contributed by atoms with Crippen LogP contribution in [0.5, 0.6) is 23.0 Å². The van der Waals surface area contributed by atoms with Crippen LogP contribution in [-0.2, 0) is 12.8 Å². The smallest absolute Gasteiger partial charge is 0.138 e. The lowest BCUT2D eigenvalue weighted by molar-refractivity contribution is 0.138. The molecule has 2 atom stereocenters. The van der Waals surface area contributed by atoms with Crippen molar-refractivity contribution in [3.63, 3.8) is 0 Å². The minimum absolute atomic E-state index is 0.0240. The van der Waals surface area contributed by atoms with Crippen LogP contribution in [0.15, 0.2) is 47.6 Å². The fourth-order valence-electron chi connectivity index (χ4n) is 4.05. The highest BCUT2D eigenvalue weighted by molar-refractivity contribution is 5.57. The first kappa shape index (κ1) is 19.4. The number of allylic oxidation sites excluding steroid dienone is 4. The van der Waals surface area contributed by atoms with Gasteiger partial charge in [0.05, 0.1) is 12.5 Å². The molecule has 2 aliphatic heterocycles. The van der Waals surface area contributed by atoms with Gasteiger partial charge < -0.3 is 19.7 Å². The van der Waals surface area contributed by atoms with Crippen molar-refractivity contribution in [1.29, 1.82) is 0 Å². The zero-order chi connectivity index (χ0) is 20.7. The lowest BCUT2D eigenvalue weighted by atomic mass is 9.87. The van der Waals surface area contributed by atoms with Gasteiger partial charge in [-0.3, -0.25) is 0 Å². The quantitative estimate of drug-likeness (QED) is 0.653. The van der Waals surface area contributed by atoms with Crippen LogP contribution in [0.25, 0.3) is 0 Å². The van der Waals surface area contributed by atoms with E-state index in [9.17, 15) is 10.2 Å². The molecule has 0 aromatic heterocycles. The van der Waals surface area contributed by atoms with Crippen LogP contribution in [0, 0.1) is 0 Å². The van der Waals surface area contributed by atoms with Crippen LogP contribution in [0.4, 0.5) is 0 Å². The predicted octanol–water partition coefficient (Wildman–Crippen LogP) is 5.72. The molecule has 152 valence electrons. The fraction of sp³-hybridized carbons (Fsp3) is 0.360. The van der Waals surface area contributed by atoms with Crippen molar-refractivity contribution >= 4 is 0 Å². The lowest BCUT2D eigenvalue weighted by Crippen LogP contribution is -2.23. The predicted molar refractivity (Wildman–Crippen MR) is 114 cm³/mol. The molecule has 0 fully saturated rings. The van der Waals surface area contributed by atoms with Gasteiger partial charge in [0.15, 0.2) is 0 Å². The number of aromatic hydroxyl groups is 2. The van der Waals surface area contributed by atoms with E-state index in [1.54, 1.807) is 18.2 Å². The Morgan fingerprint density at radius 1 is 0.931 bits per heavy atom. The molecular weight excluding hydrogens is 364 g/mol. The van der Waals surface area contributed by atoms with Gasteiger partial charge in [0, 0.05) is 22.8 Å². The van der Waals surface area contributed by atoms with E-state index in [2.05, 4.69) is 26.0 Å². The minimum atomic E-state index is -0.174. The summed E-state index contributed by atoms with van der Waals surface area (Å²) in [6.45, 7) is 8.68. The summed E-state index contributed by atoms with van der Waals surface area (Å²) < 4.78 is 12.4. The third kappa shape index (κ3) is 3.71. The van der Waals surface area contributed by atoms with E-state index in [1.807, 2.05) is 19.9 Å². The molecule has 4 heteroatoms. The topological polar surface area (TPSA) is 58.9 Å². The van der Waals surface area contributed by atoms with Crippen molar-refractivity contribution in [3.8, 4) is 23.0 Å². The average Bonchev–Trinajstić information content (AvgIpc) is 3.03. The number of hydrogen-bond acceptors (Lipinski definition) is 4. The van der Waals surface area contributed by atoms with Crippen molar-refractivity contribution in [2.75, 3.05) is 6.61 Å². The van der Waals surface area contributed by atoms with Crippen molar-refractivity contribution in [1.82, 2.24) is 0 Å². The SMILES string of the molecule is CC(C)=CCc1cc2c(cc1O)OC[C@H]1c3cc(O)cc(CC=C(C)C)c3O[C@H]21. The molecule has 2 aromatic rings. The molecule has 0 radical (unpaired) electrons. The number of benzene rings is 2. The number of phenolic OH excluding ortho intramolecular Hbond substituents is 2. The maximum absolute atomic E-state index is 10.4. The van der Waals surface area contributed by atoms with Gasteiger partial charge in [0.25, 0.3) is 0 Å². The highest BCUT2D eigenvalue weighted by Gasteiger charge is 2.42. The maximum Gasteiger partial charge on any atom is 0.138 e. The van der Waals surface area contributed by atoms with Gasteiger partial charge in [-0.2, -0.15) is 0 Å². The molecule has 0 spiro atoms. The summed E-state index contributed by atoms with van der Waals surface area (Å²) in [6.07, 6.45) is 5.45. The molecule has 0 bridgehead atoms. The first-order valence-corrected chi connectivity index (χ1v) is 10.1. The van der Waals surface area contributed by atoms with Crippen molar-refractivity contribution in [3.05, 3.63) is 69.8 Å². The molecule has 0 amide bonds. The molecule has 4 rings (SSSR count). The van der Waals surface area contributed by atoms with Crippen LogP contribution in [0.3, 0.4) is 0 Å². The number of fused-ring (bicyclic) bond motifs is 5. The zero-order valence-electron chi connectivity index (χ0n) is 17.5. The number of ether oxygens (including phenoxy) is 2. The molecule has 0 aliphatic carbocycles. The molecule has 2 heterocycles. The van der Waals surface area contributed by atoms with Crippen molar-refractivity contribution < 1.29 is 19.7 Å². The second kappa shape index (κ2) is 7.51. The second-order valence-electron chi connectivity index (χ2n) is 8.47. The third-order valence-corrected chi connectivity index (χ3v) is 5.59. The summed E-state index contributed by atoms with van der Waals surface area (Å²) in [4.78, 5) is 0. The molecule has 2 aliphatic rings. The summed E-state index contributed by atoms with van der Waals surface area (Å²) in [5, 5.41) is 20.7. The first-order valence-electron chi connectivity index (χ1n) is 10.1. The number of phenols is 2. The van der Waals surface area contributed by atoms with Crippen molar-refractivity contribution in [2.45, 2.75) is 52.6 Å². The van der Waals surface area contributed by atoms with E-state index < -0.39 is 0 Å². The Kier molecular flexibility index (Phi) is 5.03. The highest BCUT2D eigenvalue weighted by atomic mass is 16.5. The maximum atomic E-state index is 10.4. The summed E-state index contributed by atoms with van der Waals surface area (Å²) in [7, 11) is 0. The normalized spacial score (nSPS) is 18.6. The standard InChI is InChI=1S/C25H28O4/c1-14(2)5-7-16-10-20-23(12-22(16)27)28-13-21-19-11-18(26)9-17(8-6-15(3)4)24(19)29-25(20)21/h5-6,9-12,21,25-27H,7-8,13H2,1-4H3/t21-,25+/m0/s1.